The van der Waals surface area contributed by atoms with E-state index < -0.39 is 0 Å². The second-order valence-electron chi connectivity index (χ2n) is 9.96. The summed E-state index contributed by atoms with van der Waals surface area (Å²) in [4.78, 5) is 0. The van der Waals surface area contributed by atoms with Crippen LogP contribution in [-0.2, 0) is 12.8 Å². The smallest absolute Gasteiger partial charge is 0.131 e. The zero-order chi connectivity index (χ0) is 23.8. The highest BCUT2D eigenvalue weighted by molar-refractivity contribution is 5.65. The molecule has 0 atom stereocenters. The Morgan fingerprint density at radius 3 is 2.15 bits per heavy atom. The largest absolute Gasteiger partial charge is 0.206 e. The monoisotopic (exact) mass is 453 g/mol. The van der Waals surface area contributed by atoms with E-state index in [-0.39, 0.29) is 5.82 Å². The first-order valence-electron chi connectivity index (χ1n) is 13.0. The number of nitrogens with zero attached hydrogens (tertiary/aromatic N) is 1. The van der Waals surface area contributed by atoms with Crippen molar-refractivity contribution in [2.75, 3.05) is 0 Å². The van der Waals surface area contributed by atoms with E-state index in [0.29, 0.717) is 11.1 Å². The van der Waals surface area contributed by atoms with Gasteiger partial charge in [0.2, 0.25) is 0 Å². The summed E-state index contributed by atoms with van der Waals surface area (Å²) in [7, 11) is 0. The molecule has 4 rings (SSSR count). The molecule has 1 saturated carbocycles. The second-order valence-corrected chi connectivity index (χ2v) is 9.96. The van der Waals surface area contributed by atoms with Crippen molar-refractivity contribution in [3.63, 3.8) is 0 Å². The maximum atomic E-state index is 14.8. The van der Waals surface area contributed by atoms with Crippen LogP contribution in [0, 0.1) is 23.1 Å². The fraction of sp³-hybridized carbons (Fsp3) is 0.406. The lowest BCUT2D eigenvalue weighted by atomic mass is 9.77. The van der Waals surface area contributed by atoms with Crippen LogP contribution in [0.15, 0.2) is 66.7 Å². The van der Waals surface area contributed by atoms with Crippen LogP contribution in [-0.4, -0.2) is 0 Å². The van der Waals surface area contributed by atoms with E-state index in [9.17, 15) is 4.39 Å². The molecule has 1 aliphatic rings. The Hall–Kier alpha value is -2.92. The van der Waals surface area contributed by atoms with Gasteiger partial charge in [-0.3, -0.25) is 0 Å². The van der Waals surface area contributed by atoms with Crippen LogP contribution in [0.1, 0.15) is 86.5 Å². The number of aryl methyl sites for hydroxylation is 2. The molecule has 1 nitrogen and oxygen atoms in total. The Labute approximate surface area is 204 Å². The summed E-state index contributed by atoms with van der Waals surface area (Å²) in [6, 6.07) is 23.9. The van der Waals surface area contributed by atoms with Gasteiger partial charge in [-0.1, -0.05) is 81.1 Å². The molecule has 3 aromatic carbocycles. The minimum atomic E-state index is -0.206. The van der Waals surface area contributed by atoms with Crippen molar-refractivity contribution in [2.24, 2.45) is 5.92 Å². The lowest BCUT2D eigenvalue weighted by Crippen LogP contribution is -2.13. The van der Waals surface area contributed by atoms with Gasteiger partial charge in [-0.15, -0.1) is 0 Å². The zero-order valence-electron chi connectivity index (χ0n) is 20.4. The van der Waals surface area contributed by atoms with E-state index in [1.165, 1.54) is 62.5 Å². The molecule has 0 spiro atoms. The molecular weight excluding hydrogens is 417 g/mol. The van der Waals surface area contributed by atoms with Crippen molar-refractivity contribution in [3.05, 3.63) is 94.8 Å². The van der Waals surface area contributed by atoms with Gasteiger partial charge < -0.3 is 0 Å². The zero-order valence-corrected chi connectivity index (χ0v) is 20.4. The standard InChI is InChI=1S/C32H36FN/c1-2-3-4-5-24-8-15-28(16-9-24)29-17-10-25(11-18-29)6-7-26-14-21-31(32(33)22-26)30-19-12-27(23-34)13-20-30/h10-14,17-22,24,28H,2-9,15-16H2,1H3/t24-,28-. The van der Waals surface area contributed by atoms with Crippen LogP contribution in [0.3, 0.4) is 0 Å². The first kappa shape index (κ1) is 24.2. The fourth-order valence-corrected chi connectivity index (χ4v) is 5.39. The number of benzene rings is 3. The molecule has 0 aliphatic heterocycles. The van der Waals surface area contributed by atoms with Crippen LogP contribution in [0.4, 0.5) is 4.39 Å². The lowest BCUT2D eigenvalue weighted by molar-refractivity contribution is 0.303. The molecular formula is C32H36FN. The topological polar surface area (TPSA) is 23.8 Å². The molecule has 0 N–H and O–H groups in total. The Bertz CT molecular complexity index is 1080. The van der Waals surface area contributed by atoms with Crippen LogP contribution in [0.25, 0.3) is 11.1 Å². The molecule has 0 aromatic heterocycles. The van der Waals surface area contributed by atoms with Crippen molar-refractivity contribution in [1.29, 1.82) is 5.26 Å². The maximum absolute atomic E-state index is 14.8. The Balaban J connectivity index is 1.29. The molecule has 0 heterocycles. The van der Waals surface area contributed by atoms with Crippen molar-refractivity contribution < 1.29 is 4.39 Å². The molecule has 0 amide bonds. The molecule has 34 heavy (non-hydrogen) atoms. The summed E-state index contributed by atoms with van der Waals surface area (Å²) >= 11 is 0. The van der Waals surface area contributed by atoms with Crippen LogP contribution in [0.5, 0.6) is 0 Å². The van der Waals surface area contributed by atoms with Gasteiger partial charge >= 0.3 is 0 Å². The van der Waals surface area contributed by atoms with E-state index in [4.69, 9.17) is 5.26 Å². The van der Waals surface area contributed by atoms with Crippen LogP contribution >= 0.6 is 0 Å². The molecule has 0 radical (unpaired) electrons. The Morgan fingerprint density at radius 1 is 0.824 bits per heavy atom. The first-order chi connectivity index (χ1) is 16.7. The van der Waals surface area contributed by atoms with Crippen molar-refractivity contribution in [1.82, 2.24) is 0 Å². The highest BCUT2D eigenvalue weighted by Crippen LogP contribution is 2.37. The number of halogens is 1. The average molecular weight is 454 g/mol. The number of hydrogen-bond acceptors (Lipinski definition) is 1. The van der Waals surface area contributed by atoms with Gasteiger partial charge in [0.1, 0.15) is 5.82 Å². The maximum Gasteiger partial charge on any atom is 0.131 e. The summed E-state index contributed by atoms with van der Waals surface area (Å²) in [5, 5.41) is 8.94. The Kier molecular flexibility index (Phi) is 8.53. The van der Waals surface area contributed by atoms with Crippen LogP contribution in [0.2, 0.25) is 0 Å². The summed E-state index contributed by atoms with van der Waals surface area (Å²) in [6.45, 7) is 2.29. The molecule has 0 bridgehead atoms. The van der Waals surface area contributed by atoms with Gasteiger partial charge in [0, 0.05) is 5.56 Å². The molecule has 0 unspecified atom stereocenters. The number of unbranched alkanes of at least 4 members (excludes halogenated alkanes) is 2. The number of nitriles is 1. The van der Waals surface area contributed by atoms with Gasteiger partial charge in [-0.2, -0.15) is 5.26 Å². The third-order valence-electron chi connectivity index (χ3n) is 7.57. The van der Waals surface area contributed by atoms with E-state index in [1.807, 2.05) is 12.1 Å². The molecule has 1 fully saturated rings. The van der Waals surface area contributed by atoms with Gasteiger partial charge in [-0.05, 0) is 90.8 Å². The third-order valence-corrected chi connectivity index (χ3v) is 7.57. The third kappa shape index (κ3) is 6.35. The second kappa shape index (κ2) is 12.0. The highest BCUT2D eigenvalue weighted by atomic mass is 19.1. The van der Waals surface area contributed by atoms with Crippen LogP contribution < -0.4 is 0 Å². The fourth-order valence-electron chi connectivity index (χ4n) is 5.39. The number of hydrogen-bond donors (Lipinski definition) is 0. The average Bonchev–Trinajstić information content (AvgIpc) is 2.89. The van der Waals surface area contributed by atoms with E-state index in [0.717, 1.165) is 35.8 Å². The number of rotatable bonds is 9. The SMILES string of the molecule is CCCCC[C@H]1CC[C@H](c2ccc(CCc3ccc(-c4ccc(C#N)cc4)c(F)c3)cc2)CC1. The molecule has 2 heteroatoms. The van der Waals surface area contributed by atoms with Crippen molar-refractivity contribution >= 4 is 0 Å². The van der Waals surface area contributed by atoms with E-state index in [2.05, 4.69) is 37.3 Å². The van der Waals surface area contributed by atoms with Gasteiger partial charge in [0.05, 0.1) is 11.6 Å². The van der Waals surface area contributed by atoms with Gasteiger partial charge in [0.25, 0.3) is 0 Å². The quantitative estimate of drug-likeness (QED) is 0.297. The van der Waals surface area contributed by atoms with Crippen molar-refractivity contribution in [3.8, 4) is 17.2 Å². The van der Waals surface area contributed by atoms with Gasteiger partial charge in [-0.25, -0.2) is 4.39 Å². The van der Waals surface area contributed by atoms with Gasteiger partial charge in [0.15, 0.2) is 0 Å². The van der Waals surface area contributed by atoms with E-state index >= 15 is 0 Å². The summed E-state index contributed by atoms with van der Waals surface area (Å²) in [6.07, 6.45) is 12.7. The minimum Gasteiger partial charge on any atom is -0.206 e. The van der Waals surface area contributed by atoms with Crippen molar-refractivity contribution in [2.45, 2.75) is 77.0 Å². The van der Waals surface area contributed by atoms with E-state index in [1.54, 1.807) is 30.3 Å². The molecule has 176 valence electrons. The highest BCUT2D eigenvalue weighted by Gasteiger charge is 2.22. The summed E-state index contributed by atoms with van der Waals surface area (Å²) in [5.41, 5.74) is 5.79. The first-order valence-corrected chi connectivity index (χ1v) is 13.0. The summed E-state index contributed by atoms with van der Waals surface area (Å²) in [5.74, 6) is 1.47. The lowest BCUT2D eigenvalue weighted by Gasteiger charge is -2.29. The normalized spacial score (nSPS) is 17.9. The molecule has 0 saturated heterocycles. The Morgan fingerprint density at radius 2 is 1.50 bits per heavy atom. The minimum absolute atomic E-state index is 0.206. The predicted octanol–water partition coefficient (Wildman–Crippen LogP) is 9.00. The summed E-state index contributed by atoms with van der Waals surface area (Å²) < 4.78 is 14.8. The molecule has 3 aromatic rings. The predicted molar refractivity (Wildman–Crippen MR) is 139 cm³/mol. The molecule has 1 aliphatic carbocycles.